The van der Waals surface area contributed by atoms with E-state index in [2.05, 4.69) is 33.2 Å². The molecule has 2 aromatic carbocycles. The minimum Gasteiger partial charge on any atom is -0.469 e. The molecule has 1 heterocycles. The molecule has 1 atom stereocenters. The van der Waals surface area contributed by atoms with Gasteiger partial charge in [-0.2, -0.15) is 2.90 Å². The summed E-state index contributed by atoms with van der Waals surface area (Å²) in [5, 5.41) is 8.26. The standard InChI is InChI=1S/C19H19ClIN3O2/c1-19(2,18(25)26-3)17(13-6-4-5-12(9-13)11-20)14-7-8-16-15(10-14)22-23-24(16)21/h4-10,17H,11H2,1-3H3. The summed E-state index contributed by atoms with van der Waals surface area (Å²) in [5.74, 6) is -0.0557. The van der Waals surface area contributed by atoms with Gasteiger partial charge in [0.25, 0.3) is 0 Å². The molecule has 1 aromatic heterocycles. The fourth-order valence-electron chi connectivity index (χ4n) is 3.35. The Hall–Kier alpha value is -1.67. The molecule has 5 nitrogen and oxygen atoms in total. The van der Waals surface area contributed by atoms with Crippen molar-refractivity contribution in [1.82, 2.24) is 13.2 Å². The van der Waals surface area contributed by atoms with Crippen LogP contribution in [0, 0.1) is 5.41 Å². The smallest absolute Gasteiger partial charge is 0.312 e. The summed E-state index contributed by atoms with van der Waals surface area (Å²) in [4.78, 5) is 12.6. The maximum absolute atomic E-state index is 12.6. The molecule has 0 aliphatic carbocycles. The molecule has 0 aliphatic heterocycles. The van der Waals surface area contributed by atoms with Crippen LogP contribution >= 0.6 is 34.5 Å². The number of fused-ring (bicyclic) bond motifs is 1. The molecule has 0 bridgehead atoms. The predicted molar refractivity (Wildman–Crippen MR) is 111 cm³/mol. The number of carbonyl (C=O) groups excluding carboxylic acids is 1. The molecule has 136 valence electrons. The van der Waals surface area contributed by atoms with Crippen LogP contribution in [0.4, 0.5) is 0 Å². The highest BCUT2D eigenvalue weighted by Gasteiger charge is 2.40. The summed E-state index contributed by atoms with van der Waals surface area (Å²) >= 11 is 8.11. The fraction of sp³-hybridized carbons (Fsp3) is 0.316. The number of nitrogens with zero attached hydrogens (tertiary/aromatic N) is 3. The Labute approximate surface area is 171 Å². The van der Waals surface area contributed by atoms with Crippen molar-refractivity contribution in [2.75, 3.05) is 7.11 Å². The van der Waals surface area contributed by atoms with Crippen LogP contribution in [0.15, 0.2) is 42.5 Å². The van der Waals surface area contributed by atoms with Crippen molar-refractivity contribution in [2.24, 2.45) is 5.41 Å². The van der Waals surface area contributed by atoms with Crippen LogP contribution in [-0.2, 0) is 15.4 Å². The van der Waals surface area contributed by atoms with Crippen molar-refractivity contribution in [1.29, 1.82) is 0 Å². The van der Waals surface area contributed by atoms with Crippen LogP contribution in [0.3, 0.4) is 0 Å². The highest BCUT2D eigenvalue weighted by molar-refractivity contribution is 14.1. The topological polar surface area (TPSA) is 57.0 Å². The van der Waals surface area contributed by atoms with Crippen molar-refractivity contribution in [3.63, 3.8) is 0 Å². The number of carbonyl (C=O) groups is 1. The molecule has 0 fully saturated rings. The van der Waals surface area contributed by atoms with Gasteiger partial charge >= 0.3 is 5.97 Å². The van der Waals surface area contributed by atoms with Crippen LogP contribution in [-0.4, -0.2) is 26.3 Å². The minimum atomic E-state index is -0.770. The van der Waals surface area contributed by atoms with Gasteiger partial charge in [0, 0.05) is 11.8 Å². The Kier molecular flexibility index (Phi) is 5.53. The summed E-state index contributed by atoms with van der Waals surface area (Å²) in [6.07, 6.45) is 0. The van der Waals surface area contributed by atoms with Crippen LogP contribution < -0.4 is 0 Å². The fourth-order valence-corrected chi connectivity index (χ4v) is 4.02. The molecule has 26 heavy (non-hydrogen) atoms. The summed E-state index contributed by atoms with van der Waals surface area (Å²) in [6.45, 7) is 3.80. The first kappa shape index (κ1) is 19.1. The van der Waals surface area contributed by atoms with Crippen molar-refractivity contribution in [3.05, 3.63) is 59.2 Å². The zero-order valence-corrected chi connectivity index (χ0v) is 17.7. The van der Waals surface area contributed by atoms with Gasteiger partial charge in [0.1, 0.15) is 11.0 Å². The molecular formula is C19H19ClIN3O2. The number of benzene rings is 2. The van der Waals surface area contributed by atoms with Gasteiger partial charge in [-0.15, -0.1) is 16.7 Å². The quantitative estimate of drug-likeness (QED) is 0.300. The van der Waals surface area contributed by atoms with Gasteiger partial charge in [-0.3, -0.25) is 4.79 Å². The Morgan fingerprint density at radius 3 is 2.69 bits per heavy atom. The van der Waals surface area contributed by atoms with Gasteiger partial charge in [0.2, 0.25) is 0 Å². The second-order valence-electron chi connectivity index (χ2n) is 6.72. The van der Waals surface area contributed by atoms with Crippen LogP contribution in [0.25, 0.3) is 11.0 Å². The Morgan fingerprint density at radius 1 is 1.27 bits per heavy atom. The van der Waals surface area contributed by atoms with Crippen LogP contribution in [0.5, 0.6) is 0 Å². The Balaban J connectivity index is 2.19. The molecule has 0 saturated heterocycles. The van der Waals surface area contributed by atoms with Crippen molar-refractivity contribution in [2.45, 2.75) is 25.6 Å². The first-order valence-corrected chi connectivity index (χ1v) is 9.63. The number of rotatable bonds is 5. The van der Waals surface area contributed by atoms with E-state index in [0.717, 1.165) is 27.7 Å². The lowest BCUT2D eigenvalue weighted by Gasteiger charge is -2.33. The van der Waals surface area contributed by atoms with E-state index in [1.807, 2.05) is 56.3 Å². The van der Waals surface area contributed by atoms with E-state index in [4.69, 9.17) is 16.3 Å². The molecule has 7 heteroatoms. The lowest BCUT2D eigenvalue weighted by molar-refractivity contribution is -0.151. The highest BCUT2D eigenvalue weighted by Crippen LogP contribution is 2.42. The van der Waals surface area contributed by atoms with Crippen molar-refractivity contribution in [3.8, 4) is 0 Å². The number of esters is 1. The van der Waals surface area contributed by atoms with E-state index >= 15 is 0 Å². The van der Waals surface area contributed by atoms with Gasteiger partial charge in [-0.25, -0.2) is 0 Å². The molecule has 1 unspecified atom stereocenters. The van der Waals surface area contributed by atoms with Gasteiger partial charge in [0.15, 0.2) is 0 Å². The Bertz CT molecular complexity index is 955. The van der Waals surface area contributed by atoms with Gasteiger partial charge in [-0.05, 0) is 42.7 Å². The number of halogens is 2. The predicted octanol–water partition coefficient (Wildman–Crippen LogP) is 4.70. The second-order valence-corrected chi connectivity index (χ2v) is 7.90. The van der Waals surface area contributed by atoms with E-state index in [-0.39, 0.29) is 11.9 Å². The number of aromatic nitrogens is 3. The van der Waals surface area contributed by atoms with E-state index in [0.29, 0.717) is 5.88 Å². The molecule has 0 spiro atoms. The monoisotopic (exact) mass is 483 g/mol. The van der Waals surface area contributed by atoms with Crippen LogP contribution in [0.2, 0.25) is 0 Å². The summed E-state index contributed by atoms with van der Waals surface area (Å²) in [5.41, 5.74) is 3.95. The number of alkyl halides is 1. The maximum Gasteiger partial charge on any atom is 0.312 e. The first-order chi connectivity index (χ1) is 12.4. The zero-order chi connectivity index (χ0) is 18.9. The number of hydrogen-bond acceptors (Lipinski definition) is 4. The van der Waals surface area contributed by atoms with Crippen LogP contribution in [0.1, 0.15) is 36.5 Å². The van der Waals surface area contributed by atoms with Crippen molar-refractivity contribution >= 4 is 51.5 Å². The van der Waals surface area contributed by atoms with Gasteiger partial charge in [-0.1, -0.05) is 35.5 Å². The van der Waals surface area contributed by atoms with E-state index in [1.165, 1.54) is 7.11 Å². The molecular weight excluding hydrogens is 465 g/mol. The number of methoxy groups -OCH3 is 1. The maximum atomic E-state index is 12.6. The van der Waals surface area contributed by atoms with E-state index < -0.39 is 5.41 Å². The largest absolute Gasteiger partial charge is 0.469 e. The lowest BCUT2D eigenvalue weighted by Crippen LogP contribution is -2.33. The van der Waals surface area contributed by atoms with E-state index in [9.17, 15) is 4.79 Å². The molecule has 0 N–H and O–H groups in total. The average molecular weight is 484 g/mol. The zero-order valence-electron chi connectivity index (χ0n) is 14.7. The van der Waals surface area contributed by atoms with Crippen molar-refractivity contribution < 1.29 is 9.53 Å². The summed E-state index contributed by atoms with van der Waals surface area (Å²) in [6, 6.07) is 14.0. The molecule has 0 aliphatic rings. The Morgan fingerprint density at radius 2 is 2.00 bits per heavy atom. The first-order valence-electron chi connectivity index (χ1n) is 8.13. The summed E-state index contributed by atoms with van der Waals surface area (Å²) in [7, 11) is 1.42. The average Bonchev–Trinajstić information content (AvgIpc) is 3.01. The number of ether oxygens (including phenoxy) is 1. The molecule has 0 saturated carbocycles. The molecule has 3 aromatic rings. The lowest BCUT2D eigenvalue weighted by atomic mass is 9.71. The minimum absolute atomic E-state index is 0.207. The normalized spacial score (nSPS) is 13.0. The molecule has 0 radical (unpaired) electrons. The van der Waals surface area contributed by atoms with Gasteiger partial charge in [0.05, 0.1) is 35.4 Å². The SMILES string of the molecule is COC(=O)C(C)(C)C(c1cccc(CCl)c1)c1ccc2c(c1)nnn2I. The highest BCUT2D eigenvalue weighted by atomic mass is 127. The number of hydrogen-bond donors (Lipinski definition) is 0. The molecule has 0 amide bonds. The van der Waals surface area contributed by atoms with Gasteiger partial charge < -0.3 is 4.74 Å². The summed E-state index contributed by atoms with van der Waals surface area (Å²) < 4.78 is 6.79. The molecule has 3 rings (SSSR count). The van der Waals surface area contributed by atoms with E-state index in [1.54, 1.807) is 2.90 Å². The third-order valence-electron chi connectivity index (χ3n) is 4.63. The third-order valence-corrected chi connectivity index (χ3v) is 5.66. The third kappa shape index (κ3) is 3.44. The second kappa shape index (κ2) is 7.52.